The highest BCUT2D eigenvalue weighted by Gasteiger charge is 2.32. The molecule has 1 aliphatic rings. The number of likely N-dealkylation sites (tertiary alicyclic amines) is 1. The molecule has 1 aliphatic heterocycles. The zero-order valence-electron chi connectivity index (χ0n) is 16.6. The van der Waals surface area contributed by atoms with E-state index in [1.165, 1.54) is 12.1 Å². The number of carbonyl (C=O) groups is 1. The second-order valence-electron chi connectivity index (χ2n) is 7.31. The summed E-state index contributed by atoms with van der Waals surface area (Å²) in [6, 6.07) is 6.21. The fourth-order valence-corrected chi connectivity index (χ4v) is 3.92. The van der Waals surface area contributed by atoms with Gasteiger partial charge in [0.2, 0.25) is 0 Å². The van der Waals surface area contributed by atoms with Crippen LogP contribution in [0.4, 0.5) is 4.39 Å². The van der Waals surface area contributed by atoms with Crippen LogP contribution in [0.2, 0.25) is 0 Å². The molecule has 3 aromatic rings. The van der Waals surface area contributed by atoms with Crippen molar-refractivity contribution in [3.05, 3.63) is 64.7 Å². The summed E-state index contributed by atoms with van der Waals surface area (Å²) in [5, 5.41) is 7.77. The van der Waals surface area contributed by atoms with E-state index in [4.69, 9.17) is 0 Å². The van der Waals surface area contributed by atoms with Gasteiger partial charge in [-0.25, -0.2) is 14.4 Å². The molecule has 156 valence electrons. The number of nitrogens with zero attached hydrogens (tertiary/aromatic N) is 5. The van der Waals surface area contributed by atoms with Crippen LogP contribution in [0.25, 0.3) is 11.1 Å². The van der Waals surface area contributed by atoms with Crippen molar-refractivity contribution in [3.8, 4) is 11.1 Å². The maximum Gasteiger partial charge on any atom is 0.275 e. The minimum absolute atomic E-state index is 0.0797. The second kappa shape index (κ2) is 9.01. The second-order valence-corrected chi connectivity index (χ2v) is 8.23. The van der Waals surface area contributed by atoms with Crippen molar-refractivity contribution in [2.75, 3.05) is 13.1 Å². The van der Waals surface area contributed by atoms with Gasteiger partial charge in [-0.2, -0.15) is 5.10 Å². The summed E-state index contributed by atoms with van der Waals surface area (Å²) < 4.78 is 15.8. The highest BCUT2D eigenvalue weighted by atomic mass is 79.9. The van der Waals surface area contributed by atoms with Gasteiger partial charge < -0.3 is 10.2 Å². The van der Waals surface area contributed by atoms with Gasteiger partial charge in [-0.1, -0.05) is 12.1 Å². The number of aryl methyl sites for hydroxylation is 1. The molecule has 4 rings (SSSR count). The summed E-state index contributed by atoms with van der Waals surface area (Å²) in [5.74, 6) is 0.299. The average Bonchev–Trinajstić information content (AvgIpc) is 3.36. The van der Waals surface area contributed by atoms with E-state index in [1.807, 2.05) is 4.90 Å². The molecule has 1 aromatic carbocycles. The van der Waals surface area contributed by atoms with E-state index in [1.54, 1.807) is 42.5 Å². The Bertz CT molecular complexity index is 1020. The fraction of sp³-hybridized carbons (Fsp3) is 0.333. The lowest BCUT2D eigenvalue weighted by molar-refractivity contribution is 0.0729. The van der Waals surface area contributed by atoms with E-state index in [0.29, 0.717) is 36.7 Å². The third kappa shape index (κ3) is 4.57. The number of hydrogen-bond acceptors (Lipinski definition) is 5. The van der Waals surface area contributed by atoms with Crippen LogP contribution in [0.1, 0.15) is 29.2 Å². The van der Waals surface area contributed by atoms with Crippen molar-refractivity contribution in [1.29, 1.82) is 0 Å². The number of amides is 1. The van der Waals surface area contributed by atoms with Crippen molar-refractivity contribution >= 4 is 21.8 Å². The first-order valence-corrected chi connectivity index (χ1v) is 10.6. The molecule has 2 aromatic heterocycles. The van der Waals surface area contributed by atoms with Gasteiger partial charge in [0.25, 0.3) is 5.91 Å². The van der Waals surface area contributed by atoms with Gasteiger partial charge in [-0.3, -0.25) is 9.48 Å². The highest BCUT2D eigenvalue weighted by molar-refractivity contribution is 9.10. The van der Waals surface area contributed by atoms with E-state index in [0.717, 1.165) is 22.9 Å². The molecular weight excluding hydrogens is 451 g/mol. The predicted molar refractivity (Wildman–Crippen MR) is 114 cm³/mol. The smallest absolute Gasteiger partial charge is 0.275 e. The lowest BCUT2D eigenvalue weighted by Gasteiger charge is -2.24. The van der Waals surface area contributed by atoms with Gasteiger partial charge in [0.15, 0.2) is 5.69 Å². The molecule has 3 heterocycles. The lowest BCUT2D eigenvalue weighted by atomic mass is 10.1. The Balaban J connectivity index is 1.46. The van der Waals surface area contributed by atoms with E-state index in [2.05, 4.69) is 36.3 Å². The third-order valence-corrected chi connectivity index (χ3v) is 5.57. The Morgan fingerprint density at radius 2 is 2.00 bits per heavy atom. The minimum atomic E-state index is -0.309. The molecule has 7 nitrogen and oxygen atoms in total. The molecule has 0 bridgehead atoms. The Morgan fingerprint density at radius 1 is 1.27 bits per heavy atom. The predicted octanol–water partition coefficient (Wildman–Crippen LogP) is 3.17. The Kier molecular flexibility index (Phi) is 6.19. The Labute approximate surface area is 182 Å². The average molecular weight is 473 g/mol. The van der Waals surface area contributed by atoms with Crippen LogP contribution in [-0.4, -0.2) is 49.7 Å². The van der Waals surface area contributed by atoms with Gasteiger partial charge in [0, 0.05) is 50.3 Å². The molecule has 9 heteroatoms. The maximum atomic E-state index is 13.3. The first kappa shape index (κ1) is 20.6. The lowest BCUT2D eigenvalue weighted by Crippen LogP contribution is -2.42. The topological polar surface area (TPSA) is 75.9 Å². The largest absolute Gasteiger partial charge is 0.333 e. The van der Waals surface area contributed by atoms with Crippen molar-refractivity contribution < 1.29 is 9.18 Å². The van der Waals surface area contributed by atoms with E-state index in [9.17, 15) is 9.18 Å². The molecule has 1 atom stereocenters. The molecule has 1 amide bonds. The quantitative estimate of drug-likeness (QED) is 0.596. The maximum absolute atomic E-state index is 13.3. The first-order chi connectivity index (χ1) is 14.5. The van der Waals surface area contributed by atoms with E-state index >= 15 is 0 Å². The fourth-order valence-electron chi connectivity index (χ4n) is 3.72. The van der Waals surface area contributed by atoms with Crippen LogP contribution in [0, 0.1) is 5.82 Å². The molecule has 0 spiro atoms. The summed E-state index contributed by atoms with van der Waals surface area (Å²) in [4.78, 5) is 23.7. The summed E-state index contributed by atoms with van der Waals surface area (Å²) in [5.41, 5.74) is 1.88. The Hall–Kier alpha value is -2.65. The molecule has 1 saturated heterocycles. The monoisotopic (exact) mass is 472 g/mol. The number of nitrogens with one attached hydrogen (secondary N) is 1. The number of aromatic nitrogens is 4. The molecule has 30 heavy (non-hydrogen) atoms. The number of halogens is 2. The molecule has 0 radical (unpaired) electrons. The molecule has 1 fully saturated rings. The zero-order chi connectivity index (χ0) is 21.1. The third-order valence-electron chi connectivity index (χ3n) is 5.16. The van der Waals surface area contributed by atoms with Gasteiger partial charge in [0.05, 0.1) is 11.0 Å². The van der Waals surface area contributed by atoms with Crippen LogP contribution < -0.4 is 5.32 Å². The number of benzene rings is 1. The summed E-state index contributed by atoms with van der Waals surface area (Å²) in [7, 11) is 1.78. The van der Waals surface area contributed by atoms with Gasteiger partial charge in [-0.05, 0) is 46.5 Å². The van der Waals surface area contributed by atoms with Crippen LogP contribution in [0.15, 0.2) is 47.3 Å². The number of rotatable bonds is 6. The summed E-state index contributed by atoms with van der Waals surface area (Å²) in [6.45, 7) is 1.89. The zero-order valence-corrected chi connectivity index (χ0v) is 18.1. The van der Waals surface area contributed by atoms with Crippen molar-refractivity contribution in [1.82, 2.24) is 30.0 Å². The van der Waals surface area contributed by atoms with E-state index in [-0.39, 0.29) is 17.8 Å². The SMILES string of the molecule is Cn1cc(-c2ccc(F)cc2)c(C(=O)N2CCC[C@H]2CNCc2ncc(Br)cn2)n1. The van der Waals surface area contributed by atoms with Crippen LogP contribution in [0.5, 0.6) is 0 Å². The molecule has 1 N–H and O–H groups in total. The van der Waals surface area contributed by atoms with Gasteiger partial charge >= 0.3 is 0 Å². The van der Waals surface area contributed by atoms with Crippen LogP contribution in [-0.2, 0) is 13.6 Å². The van der Waals surface area contributed by atoms with Crippen LogP contribution >= 0.6 is 15.9 Å². The van der Waals surface area contributed by atoms with Crippen molar-refractivity contribution in [2.45, 2.75) is 25.4 Å². The summed E-state index contributed by atoms with van der Waals surface area (Å²) >= 11 is 3.33. The van der Waals surface area contributed by atoms with Gasteiger partial charge in [0.1, 0.15) is 11.6 Å². The molecular formula is C21H22BrFN6O. The summed E-state index contributed by atoms with van der Waals surface area (Å²) in [6.07, 6.45) is 7.11. The van der Waals surface area contributed by atoms with Crippen LogP contribution in [0.3, 0.4) is 0 Å². The molecule has 0 saturated carbocycles. The minimum Gasteiger partial charge on any atom is -0.333 e. The molecule has 0 unspecified atom stereocenters. The highest BCUT2D eigenvalue weighted by Crippen LogP contribution is 2.27. The van der Waals surface area contributed by atoms with Crippen molar-refractivity contribution in [2.24, 2.45) is 7.05 Å². The number of hydrogen-bond donors (Lipinski definition) is 1. The normalized spacial score (nSPS) is 16.2. The van der Waals surface area contributed by atoms with Gasteiger partial charge in [-0.15, -0.1) is 0 Å². The Morgan fingerprint density at radius 3 is 2.73 bits per heavy atom. The standard InChI is InChI=1S/C21H22BrFN6O/c1-28-13-18(14-4-6-16(23)7-5-14)20(27-28)21(30)29-8-2-3-17(29)11-24-12-19-25-9-15(22)10-26-19/h4-7,9-10,13,17,24H,2-3,8,11-12H2,1H3/t17-/m0/s1. The number of carbonyl (C=O) groups excluding carboxylic acids is 1. The first-order valence-electron chi connectivity index (χ1n) is 9.79. The molecule has 0 aliphatic carbocycles. The van der Waals surface area contributed by atoms with Crippen molar-refractivity contribution in [3.63, 3.8) is 0 Å². The van der Waals surface area contributed by atoms with E-state index < -0.39 is 0 Å².